The molecule has 0 unspecified atom stereocenters. The van der Waals surface area contributed by atoms with Crippen LogP contribution in [0.2, 0.25) is 0 Å². The Kier molecular flexibility index (Phi) is 5.94. The number of rotatable bonds is 4. The van der Waals surface area contributed by atoms with Crippen molar-refractivity contribution in [2.45, 2.75) is 25.7 Å². The molecule has 1 saturated heterocycles. The second-order valence-electron chi connectivity index (χ2n) is 7.81. The van der Waals surface area contributed by atoms with Crippen molar-refractivity contribution in [3.63, 3.8) is 0 Å². The Labute approximate surface area is 181 Å². The molecule has 1 aliphatic rings. The van der Waals surface area contributed by atoms with E-state index < -0.39 is 0 Å². The highest BCUT2D eigenvalue weighted by molar-refractivity contribution is 6.00. The van der Waals surface area contributed by atoms with Crippen LogP contribution < -0.4 is 5.32 Å². The Hall–Kier alpha value is -3.72. The fourth-order valence-corrected chi connectivity index (χ4v) is 3.99. The number of hydrogen-bond acceptors (Lipinski definition) is 4. The van der Waals surface area contributed by atoms with Gasteiger partial charge in [-0.2, -0.15) is 5.26 Å². The maximum Gasteiger partial charge on any atom is 0.257 e. The van der Waals surface area contributed by atoms with Gasteiger partial charge in [-0.25, -0.2) is 4.39 Å². The van der Waals surface area contributed by atoms with E-state index in [-0.39, 0.29) is 11.7 Å². The van der Waals surface area contributed by atoms with Crippen LogP contribution in [0.15, 0.2) is 60.9 Å². The summed E-state index contributed by atoms with van der Waals surface area (Å²) in [5, 5.41) is 12.3. The Bertz CT molecular complexity index is 1110. The van der Waals surface area contributed by atoms with Gasteiger partial charge in [0.1, 0.15) is 5.82 Å². The van der Waals surface area contributed by atoms with E-state index in [1.165, 1.54) is 12.1 Å². The third-order valence-electron chi connectivity index (χ3n) is 5.77. The maximum atomic E-state index is 13.3. The van der Waals surface area contributed by atoms with Gasteiger partial charge in [-0.05, 0) is 73.2 Å². The normalized spacial score (nSPS) is 14.2. The number of halogens is 1. The molecule has 2 aromatic carbocycles. The molecule has 6 heteroatoms. The zero-order valence-corrected chi connectivity index (χ0v) is 17.3. The van der Waals surface area contributed by atoms with Gasteiger partial charge in [0.15, 0.2) is 0 Å². The molecule has 1 aliphatic heterocycles. The number of aromatic nitrogens is 1. The van der Waals surface area contributed by atoms with Crippen LogP contribution in [0.3, 0.4) is 0 Å². The van der Waals surface area contributed by atoms with E-state index in [4.69, 9.17) is 5.26 Å². The highest BCUT2D eigenvalue weighted by atomic mass is 19.1. The zero-order valence-electron chi connectivity index (χ0n) is 17.3. The number of nitrogens with one attached hydrogen (secondary N) is 1. The summed E-state index contributed by atoms with van der Waals surface area (Å²) in [6.45, 7) is 3.20. The molecule has 0 aliphatic carbocycles. The van der Waals surface area contributed by atoms with Gasteiger partial charge in [0.25, 0.3) is 5.91 Å². The number of piperidine rings is 1. The molecule has 31 heavy (non-hydrogen) atoms. The first-order valence-corrected chi connectivity index (χ1v) is 10.3. The minimum Gasteiger partial charge on any atom is -0.355 e. The SMILES string of the molecule is Cc1cncc(C(=O)N2CCC(c3ccc(F)cc3)CC2)c1Nc1ccc(C#N)cc1. The van der Waals surface area contributed by atoms with Crippen LogP contribution in [-0.4, -0.2) is 28.9 Å². The largest absolute Gasteiger partial charge is 0.355 e. The number of likely N-dealkylation sites (tertiary alicyclic amines) is 1. The van der Waals surface area contributed by atoms with E-state index in [9.17, 15) is 9.18 Å². The van der Waals surface area contributed by atoms with Crippen LogP contribution in [-0.2, 0) is 0 Å². The number of nitriles is 1. The van der Waals surface area contributed by atoms with E-state index in [0.717, 1.165) is 35.3 Å². The van der Waals surface area contributed by atoms with E-state index in [1.807, 2.05) is 36.1 Å². The molecule has 0 atom stereocenters. The fraction of sp³-hybridized carbons (Fsp3) is 0.240. The van der Waals surface area contributed by atoms with Gasteiger partial charge < -0.3 is 10.2 Å². The van der Waals surface area contributed by atoms with Crippen LogP contribution >= 0.6 is 0 Å². The molecule has 156 valence electrons. The lowest BCUT2D eigenvalue weighted by Crippen LogP contribution is -2.38. The quantitative estimate of drug-likeness (QED) is 0.640. The molecule has 5 nitrogen and oxygen atoms in total. The number of hydrogen-bond donors (Lipinski definition) is 1. The summed E-state index contributed by atoms with van der Waals surface area (Å²) in [6.07, 6.45) is 5.01. The molecule has 1 N–H and O–H groups in total. The van der Waals surface area contributed by atoms with Crippen LogP contribution in [0.4, 0.5) is 15.8 Å². The molecule has 0 radical (unpaired) electrons. The fourth-order valence-electron chi connectivity index (χ4n) is 3.99. The molecule has 0 saturated carbocycles. The first-order valence-electron chi connectivity index (χ1n) is 10.3. The van der Waals surface area contributed by atoms with Gasteiger partial charge in [0.05, 0.1) is 22.9 Å². The second-order valence-corrected chi connectivity index (χ2v) is 7.81. The van der Waals surface area contributed by atoms with Crippen LogP contribution in [0.5, 0.6) is 0 Å². The predicted octanol–water partition coefficient (Wildman–Crippen LogP) is 5.16. The smallest absolute Gasteiger partial charge is 0.257 e. The summed E-state index contributed by atoms with van der Waals surface area (Å²) in [5.74, 6) is 0.0482. The van der Waals surface area contributed by atoms with Gasteiger partial charge >= 0.3 is 0 Å². The summed E-state index contributed by atoms with van der Waals surface area (Å²) < 4.78 is 13.2. The Morgan fingerprint density at radius 3 is 2.42 bits per heavy atom. The highest BCUT2D eigenvalue weighted by Crippen LogP contribution is 2.31. The van der Waals surface area contributed by atoms with Gasteiger partial charge in [0.2, 0.25) is 0 Å². The number of amides is 1. The van der Waals surface area contributed by atoms with E-state index in [1.54, 1.807) is 24.5 Å². The average Bonchev–Trinajstić information content (AvgIpc) is 2.81. The first kappa shape index (κ1) is 20.5. The van der Waals surface area contributed by atoms with Gasteiger partial charge in [-0.3, -0.25) is 9.78 Å². The molecule has 1 aromatic heterocycles. The summed E-state index contributed by atoms with van der Waals surface area (Å²) in [7, 11) is 0. The van der Waals surface area contributed by atoms with Crippen LogP contribution in [0.1, 0.15) is 45.8 Å². The number of aryl methyl sites for hydroxylation is 1. The van der Waals surface area contributed by atoms with Gasteiger partial charge in [0, 0.05) is 31.2 Å². The third-order valence-corrected chi connectivity index (χ3v) is 5.77. The lowest BCUT2D eigenvalue weighted by atomic mass is 9.89. The highest BCUT2D eigenvalue weighted by Gasteiger charge is 2.26. The molecule has 2 heterocycles. The third kappa shape index (κ3) is 4.56. The number of carbonyl (C=O) groups is 1. The standard InChI is InChI=1S/C25H23FN4O/c1-17-15-28-16-23(24(17)29-22-8-2-18(14-27)3-9-22)25(31)30-12-10-20(11-13-30)19-4-6-21(26)7-5-19/h2-9,15-16,20H,10-13H2,1H3,(H,28,29). The Balaban J connectivity index is 1.49. The van der Waals surface area contributed by atoms with Crippen molar-refractivity contribution in [2.24, 2.45) is 0 Å². The summed E-state index contributed by atoms with van der Waals surface area (Å²) >= 11 is 0. The van der Waals surface area contributed by atoms with E-state index in [0.29, 0.717) is 30.1 Å². The molecule has 0 bridgehead atoms. The molecule has 4 rings (SSSR count). The van der Waals surface area contributed by atoms with Crippen molar-refractivity contribution in [3.8, 4) is 6.07 Å². The van der Waals surface area contributed by atoms with Crippen molar-refractivity contribution < 1.29 is 9.18 Å². The van der Waals surface area contributed by atoms with Crippen LogP contribution in [0, 0.1) is 24.1 Å². The molecule has 3 aromatic rings. The number of carbonyl (C=O) groups excluding carboxylic acids is 1. The van der Waals surface area contributed by atoms with E-state index in [2.05, 4.69) is 16.4 Å². The Morgan fingerprint density at radius 1 is 1.10 bits per heavy atom. The van der Waals surface area contributed by atoms with Crippen molar-refractivity contribution in [1.29, 1.82) is 5.26 Å². The van der Waals surface area contributed by atoms with Gasteiger partial charge in [-0.1, -0.05) is 12.1 Å². The minimum absolute atomic E-state index is 0.0510. The van der Waals surface area contributed by atoms with Crippen molar-refractivity contribution in [2.75, 3.05) is 18.4 Å². The monoisotopic (exact) mass is 414 g/mol. The molecule has 1 fully saturated rings. The lowest BCUT2D eigenvalue weighted by Gasteiger charge is -2.32. The van der Waals surface area contributed by atoms with Gasteiger partial charge in [-0.15, -0.1) is 0 Å². The maximum absolute atomic E-state index is 13.3. The minimum atomic E-state index is -0.231. The number of anilines is 2. The van der Waals surface area contributed by atoms with E-state index >= 15 is 0 Å². The molecular formula is C25H23FN4O. The lowest BCUT2D eigenvalue weighted by molar-refractivity contribution is 0.0713. The zero-order chi connectivity index (χ0) is 21.8. The van der Waals surface area contributed by atoms with Crippen LogP contribution in [0.25, 0.3) is 0 Å². The first-order chi connectivity index (χ1) is 15.0. The molecule has 1 amide bonds. The number of benzene rings is 2. The molecular weight excluding hydrogens is 391 g/mol. The second kappa shape index (κ2) is 8.97. The topological polar surface area (TPSA) is 69.0 Å². The molecule has 0 spiro atoms. The van der Waals surface area contributed by atoms with Crippen molar-refractivity contribution >= 4 is 17.3 Å². The Morgan fingerprint density at radius 2 is 1.77 bits per heavy atom. The summed E-state index contributed by atoms with van der Waals surface area (Å²) in [4.78, 5) is 19.4. The van der Waals surface area contributed by atoms with Crippen molar-refractivity contribution in [3.05, 3.63) is 89.0 Å². The van der Waals surface area contributed by atoms with Crippen molar-refractivity contribution in [1.82, 2.24) is 9.88 Å². The predicted molar refractivity (Wildman–Crippen MR) is 118 cm³/mol. The average molecular weight is 414 g/mol. The number of pyridine rings is 1. The summed E-state index contributed by atoms with van der Waals surface area (Å²) in [6, 6.07) is 15.9. The summed E-state index contributed by atoms with van der Waals surface area (Å²) in [5.41, 5.74) is 4.63. The number of nitrogens with zero attached hydrogens (tertiary/aromatic N) is 3.